The molecule has 0 bridgehead atoms. The maximum absolute atomic E-state index is 12.4. The van der Waals surface area contributed by atoms with Crippen molar-refractivity contribution in [2.75, 3.05) is 10.6 Å². The molecule has 0 spiro atoms. The Hall–Kier alpha value is -3.28. The molecule has 140 valence electrons. The maximum atomic E-state index is 12.4. The first-order valence-electron chi connectivity index (χ1n) is 9.68. The van der Waals surface area contributed by atoms with E-state index in [-0.39, 0.29) is 23.9 Å². The Morgan fingerprint density at radius 1 is 0.679 bits per heavy atom. The number of nitrogens with one attached hydrogen (secondary N) is 2. The molecule has 1 aliphatic carbocycles. The summed E-state index contributed by atoms with van der Waals surface area (Å²) >= 11 is 0. The molecule has 1 fully saturated rings. The van der Waals surface area contributed by atoms with E-state index in [1.165, 1.54) is 0 Å². The van der Waals surface area contributed by atoms with Crippen LogP contribution in [0.2, 0.25) is 0 Å². The fraction of sp³-hybridized carbons (Fsp3) is 0.273. The SMILES string of the molecule is O=C1Nc2ccccc2C1=N[C@@H]1CCCC[C@H]1N=C1C(=O)Nc2ccccc21. The number of benzene rings is 2. The standard InChI is InChI=1S/C22H20N4O2/c27-21-19(13-7-1-3-9-15(13)25-21)23-17-11-5-6-12-18(17)24-20-14-8-2-4-10-16(14)26-22(20)28/h1-4,7-10,17-18H,5-6,11-12H2,(H,23,25,27)(H,24,26,28)/t17-,18-/m1/s1. The number of carbonyl (C=O) groups excluding carboxylic acids is 2. The van der Waals surface area contributed by atoms with Gasteiger partial charge in [-0.2, -0.15) is 0 Å². The van der Waals surface area contributed by atoms with E-state index in [0.29, 0.717) is 11.4 Å². The number of aliphatic imine (C=N–C) groups is 2. The molecule has 0 radical (unpaired) electrons. The zero-order valence-corrected chi connectivity index (χ0v) is 15.3. The van der Waals surface area contributed by atoms with Crippen LogP contribution < -0.4 is 10.6 Å². The third-order valence-corrected chi connectivity index (χ3v) is 5.57. The molecular weight excluding hydrogens is 352 g/mol. The second-order valence-corrected chi connectivity index (χ2v) is 7.37. The molecule has 2 N–H and O–H groups in total. The Kier molecular flexibility index (Phi) is 4.04. The molecule has 2 aromatic rings. The minimum atomic E-state index is -0.165. The average molecular weight is 372 g/mol. The molecule has 6 heteroatoms. The zero-order chi connectivity index (χ0) is 19.1. The summed E-state index contributed by atoms with van der Waals surface area (Å²) in [7, 11) is 0. The van der Waals surface area contributed by atoms with Crippen LogP contribution in [0.5, 0.6) is 0 Å². The molecule has 2 amide bonds. The summed E-state index contributed by atoms with van der Waals surface area (Å²) < 4.78 is 0. The highest BCUT2D eigenvalue weighted by molar-refractivity contribution is 6.54. The molecule has 0 saturated heterocycles. The zero-order valence-electron chi connectivity index (χ0n) is 15.3. The summed E-state index contributed by atoms with van der Waals surface area (Å²) in [6.45, 7) is 0. The molecule has 5 rings (SSSR count). The number of para-hydroxylation sites is 2. The van der Waals surface area contributed by atoms with E-state index < -0.39 is 0 Å². The Morgan fingerprint density at radius 3 is 1.57 bits per heavy atom. The van der Waals surface area contributed by atoms with Gasteiger partial charge >= 0.3 is 0 Å². The first kappa shape index (κ1) is 16.9. The molecule has 2 aliphatic heterocycles. The van der Waals surface area contributed by atoms with E-state index in [0.717, 1.165) is 48.2 Å². The highest BCUT2D eigenvalue weighted by atomic mass is 16.2. The van der Waals surface area contributed by atoms with Crippen molar-refractivity contribution in [1.29, 1.82) is 0 Å². The van der Waals surface area contributed by atoms with Crippen LogP contribution in [0.15, 0.2) is 58.5 Å². The third-order valence-electron chi connectivity index (χ3n) is 5.57. The second kappa shape index (κ2) is 6.71. The van der Waals surface area contributed by atoms with Crippen molar-refractivity contribution in [2.45, 2.75) is 37.8 Å². The summed E-state index contributed by atoms with van der Waals surface area (Å²) in [6, 6.07) is 15.0. The van der Waals surface area contributed by atoms with Gasteiger partial charge in [-0.05, 0) is 25.0 Å². The summed E-state index contributed by atoms with van der Waals surface area (Å²) in [5.74, 6) is -0.329. The van der Waals surface area contributed by atoms with Gasteiger partial charge in [0.15, 0.2) is 0 Å². The lowest BCUT2D eigenvalue weighted by Crippen LogP contribution is -2.31. The summed E-state index contributed by atoms with van der Waals surface area (Å²) in [4.78, 5) is 34.5. The van der Waals surface area contributed by atoms with Crippen LogP contribution in [0.3, 0.4) is 0 Å². The van der Waals surface area contributed by atoms with Crippen molar-refractivity contribution in [3.05, 3.63) is 59.7 Å². The number of anilines is 2. The van der Waals surface area contributed by atoms with E-state index in [4.69, 9.17) is 9.98 Å². The quantitative estimate of drug-likeness (QED) is 0.849. The Bertz CT molecular complexity index is 957. The van der Waals surface area contributed by atoms with Gasteiger partial charge in [0.2, 0.25) is 0 Å². The van der Waals surface area contributed by atoms with Crippen molar-refractivity contribution in [1.82, 2.24) is 0 Å². The summed E-state index contributed by atoms with van der Waals surface area (Å²) in [6.07, 6.45) is 3.83. The van der Waals surface area contributed by atoms with Gasteiger partial charge in [0.1, 0.15) is 11.4 Å². The Morgan fingerprint density at radius 2 is 1.11 bits per heavy atom. The lowest BCUT2D eigenvalue weighted by atomic mass is 9.90. The molecule has 0 aromatic heterocycles. The van der Waals surface area contributed by atoms with E-state index in [9.17, 15) is 9.59 Å². The predicted molar refractivity (Wildman–Crippen MR) is 109 cm³/mol. The topological polar surface area (TPSA) is 82.9 Å². The number of carbonyl (C=O) groups is 2. The van der Waals surface area contributed by atoms with Crippen molar-refractivity contribution in [2.24, 2.45) is 9.98 Å². The van der Waals surface area contributed by atoms with E-state index in [1.807, 2.05) is 48.5 Å². The van der Waals surface area contributed by atoms with Gasteiger partial charge in [-0.15, -0.1) is 0 Å². The normalized spacial score (nSPS) is 26.1. The molecule has 6 nitrogen and oxygen atoms in total. The average Bonchev–Trinajstić information content (AvgIpc) is 3.20. The minimum absolute atomic E-state index is 0.103. The van der Waals surface area contributed by atoms with Crippen LogP contribution in [0.1, 0.15) is 36.8 Å². The molecule has 0 unspecified atom stereocenters. The fourth-order valence-corrected chi connectivity index (χ4v) is 4.19. The van der Waals surface area contributed by atoms with Gasteiger partial charge in [0.25, 0.3) is 11.8 Å². The first-order chi connectivity index (χ1) is 13.7. The number of nitrogens with zero attached hydrogens (tertiary/aromatic N) is 2. The van der Waals surface area contributed by atoms with Crippen LogP contribution in [0, 0.1) is 0 Å². The fourth-order valence-electron chi connectivity index (χ4n) is 4.19. The largest absolute Gasteiger partial charge is 0.320 e. The van der Waals surface area contributed by atoms with Gasteiger partial charge in [0, 0.05) is 11.1 Å². The Labute approximate surface area is 162 Å². The van der Waals surface area contributed by atoms with Gasteiger partial charge in [-0.3, -0.25) is 19.6 Å². The smallest absolute Gasteiger partial charge is 0.274 e. The predicted octanol–water partition coefficient (Wildman–Crippen LogP) is 3.18. The molecule has 2 aromatic carbocycles. The molecule has 1 saturated carbocycles. The van der Waals surface area contributed by atoms with Crippen molar-refractivity contribution < 1.29 is 9.59 Å². The Balaban J connectivity index is 1.50. The maximum Gasteiger partial charge on any atom is 0.274 e. The lowest BCUT2D eigenvalue weighted by Gasteiger charge is -2.26. The number of amides is 2. The number of rotatable bonds is 2. The van der Waals surface area contributed by atoms with Gasteiger partial charge in [0.05, 0.1) is 23.5 Å². The van der Waals surface area contributed by atoms with Crippen molar-refractivity contribution in [3.63, 3.8) is 0 Å². The summed E-state index contributed by atoms with van der Waals surface area (Å²) in [5, 5.41) is 5.75. The number of fused-ring (bicyclic) bond motifs is 2. The molecule has 28 heavy (non-hydrogen) atoms. The first-order valence-corrected chi connectivity index (χ1v) is 9.68. The van der Waals surface area contributed by atoms with Crippen molar-refractivity contribution in [3.8, 4) is 0 Å². The second-order valence-electron chi connectivity index (χ2n) is 7.37. The van der Waals surface area contributed by atoms with Crippen molar-refractivity contribution >= 4 is 34.6 Å². The monoisotopic (exact) mass is 372 g/mol. The summed E-state index contributed by atoms with van der Waals surface area (Å²) in [5.41, 5.74) is 4.23. The number of hydrogen-bond donors (Lipinski definition) is 2. The van der Waals surface area contributed by atoms with Gasteiger partial charge in [-0.25, -0.2) is 0 Å². The van der Waals surface area contributed by atoms with Gasteiger partial charge in [-0.1, -0.05) is 49.2 Å². The van der Waals surface area contributed by atoms with Crippen LogP contribution >= 0.6 is 0 Å². The lowest BCUT2D eigenvalue weighted by molar-refractivity contribution is -0.110. The minimum Gasteiger partial charge on any atom is -0.320 e. The van der Waals surface area contributed by atoms with Crippen LogP contribution in [-0.4, -0.2) is 35.3 Å². The molecule has 2 heterocycles. The third kappa shape index (κ3) is 2.81. The van der Waals surface area contributed by atoms with Crippen LogP contribution in [-0.2, 0) is 9.59 Å². The van der Waals surface area contributed by atoms with Crippen LogP contribution in [0.25, 0.3) is 0 Å². The highest BCUT2D eigenvalue weighted by Gasteiger charge is 2.32. The molecular formula is C22H20N4O2. The van der Waals surface area contributed by atoms with E-state index >= 15 is 0 Å². The number of hydrogen-bond acceptors (Lipinski definition) is 4. The van der Waals surface area contributed by atoms with E-state index in [1.54, 1.807) is 0 Å². The highest BCUT2D eigenvalue weighted by Crippen LogP contribution is 2.30. The van der Waals surface area contributed by atoms with Gasteiger partial charge < -0.3 is 10.6 Å². The molecule has 3 aliphatic rings. The van der Waals surface area contributed by atoms with E-state index in [2.05, 4.69) is 10.6 Å². The molecule has 2 atom stereocenters. The van der Waals surface area contributed by atoms with Crippen LogP contribution in [0.4, 0.5) is 11.4 Å².